The van der Waals surface area contributed by atoms with E-state index in [0.29, 0.717) is 22.9 Å². The van der Waals surface area contributed by atoms with Crippen LogP contribution in [0.25, 0.3) is 66.1 Å². The van der Waals surface area contributed by atoms with E-state index in [4.69, 9.17) is 21.7 Å². The van der Waals surface area contributed by atoms with Crippen LogP contribution in [0.1, 0.15) is 11.1 Å². The molecule has 6 N–H and O–H groups in total. The number of benzene rings is 3. The minimum absolute atomic E-state index is 0.0366. The first-order valence-electron chi connectivity index (χ1n) is 19.9. The third-order valence-electron chi connectivity index (χ3n) is 10.9. The van der Waals surface area contributed by atoms with Gasteiger partial charge in [-0.15, -0.1) is 0 Å². The molecule has 15 nitrogen and oxygen atoms in total. The van der Waals surface area contributed by atoms with Crippen molar-refractivity contribution in [1.82, 2.24) is 28.7 Å². The lowest BCUT2D eigenvalue weighted by Gasteiger charge is -2.09. The average Bonchev–Trinajstić information content (AvgIpc) is 3.95. The first kappa shape index (κ1) is 43.1. The predicted molar refractivity (Wildman–Crippen MR) is 244 cm³/mol. The van der Waals surface area contributed by atoms with Crippen LogP contribution in [0.2, 0.25) is 0 Å². The number of non-ortho nitro benzene ring substituents is 1. The lowest BCUT2D eigenvalue weighted by Crippen LogP contribution is -2.32. The third-order valence-corrected chi connectivity index (χ3v) is 10.9. The number of rotatable bonds is 10. The highest BCUT2D eigenvalue weighted by Crippen LogP contribution is 2.38. The van der Waals surface area contributed by atoms with Crippen molar-refractivity contribution in [2.24, 2.45) is 32.6 Å². The molecule has 9 rings (SSSR count). The molecule has 3 aromatic carbocycles. The second-order valence-corrected chi connectivity index (χ2v) is 15.0. The standard InChI is InChI=1S/C17H16N4O4.C17H17N3O2.C14H12N2/c1-20-9-11(8-13(18)17(22)23)15-12(10-4-6-19-7-5-10)2-3-14(16(15)20)21(24)25;1-20-10-12(9-14(18)17(21)22)16-13(3-2-4-15(16)20)11-5-7-19-8-6-11;1-16-10-7-13-12(3-2-4-14(13)16)11-5-8-15-9-6-11/h2-7,9,13H,8,18H2,1H3,(H,22,23);2-8,10,14H,9,18H2,1H3,(H,21,22);2-10H,1H3. The van der Waals surface area contributed by atoms with E-state index in [-0.39, 0.29) is 12.1 Å². The minimum atomic E-state index is -1.12. The Kier molecular flexibility index (Phi) is 12.8. The molecule has 0 amide bonds. The number of carboxylic acids is 2. The van der Waals surface area contributed by atoms with E-state index < -0.39 is 28.9 Å². The molecule has 2 atom stereocenters. The Balaban J connectivity index is 0.000000145. The lowest BCUT2D eigenvalue weighted by molar-refractivity contribution is -0.383. The molecule has 0 aliphatic heterocycles. The van der Waals surface area contributed by atoms with Crippen LogP contribution in [-0.2, 0) is 43.6 Å². The van der Waals surface area contributed by atoms with Crippen LogP contribution in [0.15, 0.2) is 147 Å². The Bertz CT molecular complexity index is 3070. The third kappa shape index (κ3) is 9.19. The predicted octanol–water partition coefficient (Wildman–Crippen LogP) is 7.54. The second kappa shape index (κ2) is 18.7. The van der Waals surface area contributed by atoms with E-state index in [1.807, 2.05) is 72.7 Å². The van der Waals surface area contributed by atoms with Gasteiger partial charge in [-0.3, -0.25) is 34.7 Å². The van der Waals surface area contributed by atoms with Crippen LogP contribution in [-0.4, -0.2) is 67.8 Å². The number of nitrogens with two attached hydrogens (primary N) is 2. The number of carbonyl (C=O) groups is 2. The fourth-order valence-electron chi connectivity index (χ4n) is 7.90. The topological polar surface area (TPSA) is 223 Å². The fraction of sp³-hybridized carbons (Fsp3) is 0.146. The van der Waals surface area contributed by atoms with Gasteiger partial charge in [0, 0.05) is 123 Å². The normalized spacial score (nSPS) is 12.0. The second-order valence-electron chi connectivity index (χ2n) is 15.0. The molecule has 0 aliphatic rings. The monoisotopic (exact) mass is 843 g/mol. The summed E-state index contributed by atoms with van der Waals surface area (Å²) in [4.78, 5) is 45.2. The number of aryl methyl sites for hydroxylation is 3. The molecule has 6 aromatic heterocycles. The molecular weight excluding hydrogens is 799 g/mol. The zero-order valence-corrected chi connectivity index (χ0v) is 34.7. The molecule has 0 saturated carbocycles. The average molecular weight is 844 g/mol. The van der Waals surface area contributed by atoms with Gasteiger partial charge in [0.25, 0.3) is 5.69 Å². The van der Waals surface area contributed by atoms with Crippen molar-refractivity contribution in [3.05, 3.63) is 168 Å². The maximum absolute atomic E-state index is 11.4. The summed E-state index contributed by atoms with van der Waals surface area (Å²) >= 11 is 0. The number of aromatic nitrogens is 6. The summed E-state index contributed by atoms with van der Waals surface area (Å²) in [5.41, 5.74) is 21.9. The molecule has 0 radical (unpaired) electrons. The summed E-state index contributed by atoms with van der Waals surface area (Å²) in [5, 5.41) is 32.6. The van der Waals surface area contributed by atoms with Gasteiger partial charge in [0.1, 0.15) is 17.6 Å². The Labute approximate surface area is 361 Å². The number of carboxylic acid groups (broad SMARTS) is 2. The van der Waals surface area contributed by atoms with Crippen LogP contribution in [0.5, 0.6) is 0 Å². The molecule has 0 fully saturated rings. The molecule has 0 bridgehead atoms. The summed E-state index contributed by atoms with van der Waals surface area (Å²) < 4.78 is 5.78. The number of nitro benzene ring substituents is 1. The van der Waals surface area contributed by atoms with E-state index in [2.05, 4.69) is 57.0 Å². The molecule has 318 valence electrons. The van der Waals surface area contributed by atoms with Crippen molar-refractivity contribution >= 4 is 50.3 Å². The Morgan fingerprint density at radius 1 is 0.603 bits per heavy atom. The van der Waals surface area contributed by atoms with Crippen LogP contribution in [0, 0.1) is 10.1 Å². The summed E-state index contributed by atoms with van der Waals surface area (Å²) in [6, 6.07) is 27.3. The molecule has 0 aliphatic carbocycles. The lowest BCUT2D eigenvalue weighted by atomic mass is 9.96. The smallest absolute Gasteiger partial charge is 0.320 e. The quantitative estimate of drug-likeness (QED) is 0.0778. The van der Waals surface area contributed by atoms with Gasteiger partial charge >= 0.3 is 11.9 Å². The Hall–Kier alpha value is -8.01. The highest BCUT2D eigenvalue weighted by atomic mass is 16.6. The molecule has 0 spiro atoms. The van der Waals surface area contributed by atoms with Crippen LogP contribution in [0.3, 0.4) is 0 Å². The van der Waals surface area contributed by atoms with Gasteiger partial charge < -0.3 is 35.4 Å². The highest BCUT2D eigenvalue weighted by molar-refractivity contribution is 6.03. The number of aliphatic carboxylic acids is 2. The highest BCUT2D eigenvalue weighted by Gasteiger charge is 2.24. The summed E-state index contributed by atoms with van der Waals surface area (Å²) in [7, 11) is 5.72. The molecule has 6 heterocycles. The van der Waals surface area contributed by atoms with Crippen molar-refractivity contribution in [3.8, 4) is 33.4 Å². The van der Waals surface area contributed by atoms with Crippen LogP contribution < -0.4 is 11.5 Å². The van der Waals surface area contributed by atoms with Gasteiger partial charge in [0.15, 0.2) is 0 Å². The maximum atomic E-state index is 11.4. The van der Waals surface area contributed by atoms with E-state index in [1.54, 1.807) is 60.8 Å². The van der Waals surface area contributed by atoms with Gasteiger partial charge in [0.05, 0.1) is 4.92 Å². The maximum Gasteiger partial charge on any atom is 0.320 e. The van der Waals surface area contributed by atoms with E-state index in [9.17, 15) is 19.7 Å². The van der Waals surface area contributed by atoms with Crippen LogP contribution in [0.4, 0.5) is 5.69 Å². The van der Waals surface area contributed by atoms with Gasteiger partial charge in [-0.25, -0.2) is 0 Å². The zero-order chi connectivity index (χ0) is 44.8. The van der Waals surface area contributed by atoms with Gasteiger partial charge in [-0.2, -0.15) is 0 Å². The first-order valence-corrected chi connectivity index (χ1v) is 19.9. The van der Waals surface area contributed by atoms with Gasteiger partial charge in [-0.1, -0.05) is 24.3 Å². The zero-order valence-electron chi connectivity index (χ0n) is 34.7. The van der Waals surface area contributed by atoms with Gasteiger partial charge in [-0.05, 0) is 105 Å². The van der Waals surface area contributed by atoms with Crippen molar-refractivity contribution in [2.45, 2.75) is 24.9 Å². The largest absolute Gasteiger partial charge is 0.480 e. The van der Waals surface area contributed by atoms with Crippen molar-refractivity contribution in [1.29, 1.82) is 0 Å². The van der Waals surface area contributed by atoms with E-state index >= 15 is 0 Å². The molecular formula is C48H45N9O6. The van der Waals surface area contributed by atoms with Crippen molar-refractivity contribution in [2.75, 3.05) is 0 Å². The molecule has 63 heavy (non-hydrogen) atoms. The van der Waals surface area contributed by atoms with Crippen molar-refractivity contribution < 1.29 is 24.7 Å². The number of nitro groups is 1. The minimum Gasteiger partial charge on any atom is -0.480 e. The molecule has 9 aromatic rings. The Morgan fingerprint density at radius 3 is 1.59 bits per heavy atom. The SMILES string of the molecule is Cn1cc(CC(N)C(=O)O)c2c(-c3ccncc3)ccc([N+](=O)[O-])c21.Cn1cc(CC(N)C(=O)O)c2c(-c3ccncc3)cccc21.Cn1ccc2c(-c3ccncc3)cccc21. The van der Waals surface area contributed by atoms with E-state index in [1.165, 1.54) is 28.1 Å². The van der Waals surface area contributed by atoms with Crippen LogP contribution >= 0.6 is 0 Å². The summed E-state index contributed by atoms with van der Waals surface area (Å²) in [6.45, 7) is 0. The molecule has 2 unspecified atom stereocenters. The fourth-order valence-corrected chi connectivity index (χ4v) is 7.90. The molecule has 0 saturated heterocycles. The summed E-state index contributed by atoms with van der Waals surface area (Å²) in [5.74, 6) is -2.11. The van der Waals surface area contributed by atoms with Gasteiger partial charge in [0.2, 0.25) is 0 Å². The first-order chi connectivity index (χ1) is 30.3. The number of hydrogen-bond acceptors (Lipinski definition) is 9. The van der Waals surface area contributed by atoms with E-state index in [0.717, 1.165) is 38.7 Å². The number of hydrogen-bond donors (Lipinski definition) is 4. The molecule has 15 heteroatoms. The number of fused-ring (bicyclic) bond motifs is 3. The number of pyridine rings is 3. The Morgan fingerprint density at radius 2 is 1.06 bits per heavy atom. The van der Waals surface area contributed by atoms with Crippen molar-refractivity contribution in [3.63, 3.8) is 0 Å². The summed E-state index contributed by atoms with van der Waals surface area (Å²) in [6.07, 6.45) is 16.6. The number of nitrogens with zero attached hydrogens (tertiary/aromatic N) is 7.